The first-order valence-electron chi connectivity index (χ1n) is 9.60. The third-order valence-corrected chi connectivity index (χ3v) is 7.27. The van der Waals surface area contributed by atoms with Crippen molar-refractivity contribution < 1.29 is 27.4 Å². The third kappa shape index (κ3) is 5.41. The summed E-state index contributed by atoms with van der Waals surface area (Å²) in [5.41, 5.74) is 0.841. The van der Waals surface area contributed by atoms with E-state index in [9.17, 15) is 13.2 Å². The number of halogens is 1. The molecule has 0 aliphatic carbocycles. The summed E-state index contributed by atoms with van der Waals surface area (Å²) < 4.78 is 42.9. The number of amides is 1. The molecule has 0 heterocycles. The molecule has 2 rings (SSSR count). The molecule has 2 aromatic carbocycles. The summed E-state index contributed by atoms with van der Waals surface area (Å²) in [5, 5.41) is 2.83. The monoisotopic (exact) mass is 470 g/mol. The van der Waals surface area contributed by atoms with Crippen molar-refractivity contribution in [3.05, 3.63) is 46.5 Å². The average Bonchev–Trinajstić information content (AvgIpc) is 2.77. The van der Waals surface area contributed by atoms with Crippen molar-refractivity contribution in [2.24, 2.45) is 0 Å². The molecule has 170 valence electrons. The molecular weight excluding hydrogens is 444 g/mol. The Morgan fingerprint density at radius 2 is 1.55 bits per heavy atom. The van der Waals surface area contributed by atoms with Crippen LogP contribution in [-0.4, -0.2) is 53.0 Å². The van der Waals surface area contributed by atoms with Crippen molar-refractivity contribution >= 4 is 27.5 Å². The summed E-state index contributed by atoms with van der Waals surface area (Å²) in [6.07, 6.45) is 0. The molecule has 0 bridgehead atoms. The van der Waals surface area contributed by atoms with E-state index in [1.807, 2.05) is 0 Å². The van der Waals surface area contributed by atoms with Gasteiger partial charge in [-0.3, -0.25) is 4.79 Å². The molecule has 0 aliphatic rings. The van der Waals surface area contributed by atoms with Gasteiger partial charge in [0.15, 0.2) is 11.5 Å². The summed E-state index contributed by atoms with van der Waals surface area (Å²) in [4.78, 5) is 12.6. The number of nitrogens with zero attached hydrogens (tertiary/aromatic N) is 1. The summed E-state index contributed by atoms with van der Waals surface area (Å²) in [5.74, 6) is 1.05. The molecule has 0 atom stereocenters. The number of hydrogen-bond donors (Lipinski definition) is 1. The van der Waals surface area contributed by atoms with E-state index in [0.717, 1.165) is 0 Å². The first-order chi connectivity index (χ1) is 14.7. The van der Waals surface area contributed by atoms with Crippen LogP contribution < -0.4 is 19.5 Å². The van der Waals surface area contributed by atoms with Crippen LogP contribution in [0.3, 0.4) is 0 Å². The summed E-state index contributed by atoms with van der Waals surface area (Å²) in [6, 6.07) is 7.54. The molecule has 0 saturated heterocycles. The predicted molar refractivity (Wildman–Crippen MR) is 119 cm³/mol. The maximum Gasteiger partial charge on any atom is 0.251 e. The molecule has 10 heteroatoms. The zero-order valence-electron chi connectivity index (χ0n) is 18.2. The van der Waals surface area contributed by atoms with Gasteiger partial charge in [-0.15, -0.1) is 0 Å². The smallest absolute Gasteiger partial charge is 0.251 e. The maximum absolute atomic E-state index is 12.9. The van der Waals surface area contributed by atoms with Gasteiger partial charge in [0.2, 0.25) is 10.0 Å². The second-order valence-electron chi connectivity index (χ2n) is 6.44. The molecule has 8 nitrogen and oxygen atoms in total. The van der Waals surface area contributed by atoms with Crippen molar-refractivity contribution in [2.45, 2.75) is 25.3 Å². The van der Waals surface area contributed by atoms with E-state index >= 15 is 0 Å². The van der Waals surface area contributed by atoms with Crippen LogP contribution in [-0.2, 0) is 16.6 Å². The highest BCUT2D eigenvalue weighted by Gasteiger charge is 2.25. The van der Waals surface area contributed by atoms with E-state index in [0.29, 0.717) is 35.9 Å². The van der Waals surface area contributed by atoms with E-state index < -0.39 is 15.9 Å². The first-order valence-corrected chi connectivity index (χ1v) is 11.4. The standard InChI is InChI=1S/C21H27ClN2O6S/c1-6-24(7-2)31(26,27)20-11-14(8-9-16(20)22)21(25)23-13-15-10-18(29-4)19(30-5)12-17(15)28-3/h8-12H,6-7,13H2,1-5H3,(H,23,25). The Morgan fingerprint density at radius 3 is 2.10 bits per heavy atom. The Balaban J connectivity index is 2.30. The normalized spacial score (nSPS) is 11.3. The van der Waals surface area contributed by atoms with Gasteiger partial charge in [0, 0.05) is 36.8 Å². The summed E-state index contributed by atoms with van der Waals surface area (Å²) in [7, 11) is 0.728. The second-order valence-corrected chi connectivity index (χ2v) is 8.75. The van der Waals surface area contributed by atoms with Crippen LogP contribution in [0.15, 0.2) is 35.2 Å². The topological polar surface area (TPSA) is 94.2 Å². The van der Waals surface area contributed by atoms with Crippen molar-refractivity contribution in [1.82, 2.24) is 9.62 Å². The highest BCUT2D eigenvalue weighted by Crippen LogP contribution is 2.34. The average molecular weight is 471 g/mol. The van der Waals surface area contributed by atoms with Crippen LogP contribution in [0.2, 0.25) is 5.02 Å². The van der Waals surface area contributed by atoms with E-state index in [4.69, 9.17) is 25.8 Å². The molecule has 0 fully saturated rings. The minimum absolute atomic E-state index is 0.0602. The molecule has 0 saturated carbocycles. The highest BCUT2D eigenvalue weighted by atomic mass is 35.5. The summed E-state index contributed by atoms with van der Waals surface area (Å²) >= 11 is 6.14. The minimum Gasteiger partial charge on any atom is -0.496 e. The van der Waals surface area contributed by atoms with Gasteiger partial charge in [-0.05, 0) is 24.3 Å². The van der Waals surface area contributed by atoms with E-state index in [2.05, 4.69) is 5.32 Å². The van der Waals surface area contributed by atoms with Crippen LogP contribution in [0.25, 0.3) is 0 Å². The number of hydrogen-bond acceptors (Lipinski definition) is 6. The lowest BCUT2D eigenvalue weighted by Crippen LogP contribution is -2.31. The number of sulfonamides is 1. The van der Waals surface area contributed by atoms with Crippen molar-refractivity contribution in [2.75, 3.05) is 34.4 Å². The number of ether oxygens (including phenoxy) is 3. The van der Waals surface area contributed by atoms with E-state index in [1.54, 1.807) is 26.0 Å². The Morgan fingerprint density at radius 1 is 0.968 bits per heavy atom. The molecule has 1 N–H and O–H groups in total. The Labute approximate surface area is 188 Å². The van der Waals surface area contributed by atoms with E-state index in [1.165, 1.54) is 43.8 Å². The largest absolute Gasteiger partial charge is 0.496 e. The van der Waals surface area contributed by atoms with Gasteiger partial charge in [0.05, 0.1) is 26.4 Å². The van der Waals surface area contributed by atoms with Gasteiger partial charge in [-0.25, -0.2) is 8.42 Å². The zero-order valence-corrected chi connectivity index (χ0v) is 19.8. The van der Waals surface area contributed by atoms with Gasteiger partial charge in [-0.1, -0.05) is 25.4 Å². The number of benzene rings is 2. The molecular formula is C21H27ClN2O6S. The first kappa shape index (κ1) is 24.8. The van der Waals surface area contributed by atoms with Gasteiger partial charge < -0.3 is 19.5 Å². The van der Waals surface area contributed by atoms with Crippen molar-refractivity contribution in [1.29, 1.82) is 0 Å². The second kappa shape index (κ2) is 10.7. The van der Waals surface area contributed by atoms with Crippen molar-refractivity contribution in [3.63, 3.8) is 0 Å². The number of carbonyl (C=O) groups is 1. The van der Waals surface area contributed by atoms with Gasteiger partial charge >= 0.3 is 0 Å². The number of carbonyl (C=O) groups excluding carboxylic acids is 1. The van der Waals surface area contributed by atoms with E-state index in [-0.39, 0.29) is 22.0 Å². The fourth-order valence-electron chi connectivity index (χ4n) is 3.05. The highest BCUT2D eigenvalue weighted by molar-refractivity contribution is 7.89. The van der Waals surface area contributed by atoms with Crippen LogP contribution >= 0.6 is 11.6 Å². The molecule has 2 aromatic rings. The fraction of sp³-hybridized carbons (Fsp3) is 0.381. The SMILES string of the molecule is CCN(CC)S(=O)(=O)c1cc(C(=O)NCc2cc(OC)c(OC)cc2OC)ccc1Cl. The zero-order chi connectivity index (χ0) is 23.2. The molecule has 0 spiro atoms. The molecule has 0 aromatic heterocycles. The molecule has 1 amide bonds. The van der Waals surface area contributed by atoms with Crippen LogP contribution in [0.4, 0.5) is 0 Å². The Kier molecular flexibility index (Phi) is 8.55. The number of nitrogens with one attached hydrogen (secondary N) is 1. The van der Waals surface area contributed by atoms with Gasteiger partial charge in [0.1, 0.15) is 10.6 Å². The molecule has 0 unspecified atom stereocenters. The van der Waals surface area contributed by atoms with Crippen LogP contribution in [0.5, 0.6) is 17.2 Å². The third-order valence-electron chi connectivity index (χ3n) is 4.74. The lowest BCUT2D eigenvalue weighted by molar-refractivity contribution is 0.0950. The molecule has 0 radical (unpaired) electrons. The predicted octanol–water partition coefficient (Wildman–Crippen LogP) is 3.33. The van der Waals surface area contributed by atoms with Gasteiger partial charge in [0.25, 0.3) is 5.91 Å². The molecule has 0 aliphatic heterocycles. The minimum atomic E-state index is -3.81. The number of methoxy groups -OCH3 is 3. The Bertz CT molecular complexity index is 1040. The number of rotatable bonds is 10. The lowest BCUT2D eigenvalue weighted by atomic mass is 10.1. The van der Waals surface area contributed by atoms with Crippen LogP contribution in [0, 0.1) is 0 Å². The van der Waals surface area contributed by atoms with Gasteiger partial charge in [-0.2, -0.15) is 4.31 Å². The Hall–Kier alpha value is -2.49. The molecule has 31 heavy (non-hydrogen) atoms. The van der Waals surface area contributed by atoms with Crippen molar-refractivity contribution in [3.8, 4) is 17.2 Å². The quantitative estimate of drug-likeness (QED) is 0.572. The fourth-order valence-corrected chi connectivity index (χ4v) is 5.01. The summed E-state index contributed by atoms with van der Waals surface area (Å²) in [6.45, 7) is 4.20. The maximum atomic E-state index is 12.9. The lowest BCUT2D eigenvalue weighted by Gasteiger charge is -2.19. The van der Waals surface area contributed by atoms with Crippen LogP contribution in [0.1, 0.15) is 29.8 Å².